The maximum absolute atomic E-state index is 5.95. The van der Waals surface area contributed by atoms with Crippen LogP contribution in [0.3, 0.4) is 0 Å². The van der Waals surface area contributed by atoms with Crippen molar-refractivity contribution in [1.82, 2.24) is 4.98 Å². The SMILES string of the molecule is C=CC[C@H](N)c1cccc([C@@H](N)CC=C)n1. The average Bonchev–Trinajstić information content (AvgIpc) is 2.30. The molecule has 0 aliphatic carbocycles. The lowest BCUT2D eigenvalue weighted by Gasteiger charge is -2.13. The zero-order chi connectivity index (χ0) is 12.0. The third-order valence-electron chi connectivity index (χ3n) is 2.39. The summed E-state index contributed by atoms with van der Waals surface area (Å²) in [6.45, 7) is 7.33. The maximum atomic E-state index is 5.95. The number of hydrogen-bond acceptors (Lipinski definition) is 3. The molecule has 16 heavy (non-hydrogen) atoms. The number of hydrogen-bond donors (Lipinski definition) is 2. The van der Waals surface area contributed by atoms with E-state index in [2.05, 4.69) is 18.1 Å². The molecule has 0 unspecified atom stereocenters. The summed E-state index contributed by atoms with van der Waals surface area (Å²) in [6.07, 6.45) is 5.02. The molecule has 1 aromatic rings. The lowest BCUT2D eigenvalue weighted by molar-refractivity contribution is 0.670. The van der Waals surface area contributed by atoms with Gasteiger partial charge in [-0.25, -0.2) is 0 Å². The Kier molecular flexibility index (Phi) is 4.89. The summed E-state index contributed by atoms with van der Waals surface area (Å²) in [4.78, 5) is 4.46. The fraction of sp³-hybridized carbons (Fsp3) is 0.308. The Bertz CT molecular complexity index is 329. The minimum Gasteiger partial charge on any atom is -0.322 e. The van der Waals surface area contributed by atoms with E-state index in [4.69, 9.17) is 11.5 Å². The van der Waals surface area contributed by atoms with Crippen LogP contribution in [-0.2, 0) is 0 Å². The standard InChI is InChI=1S/C13H19N3/c1-3-6-10(14)12-8-5-9-13(16-12)11(15)7-4-2/h3-5,8-11H,1-2,6-7,14-15H2/t10-,11-/m0/s1. The Hall–Kier alpha value is -1.45. The molecule has 0 saturated carbocycles. The van der Waals surface area contributed by atoms with E-state index in [0.717, 1.165) is 11.4 Å². The summed E-state index contributed by atoms with van der Waals surface area (Å²) in [6, 6.07) is 5.56. The predicted octanol–water partition coefficient (Wildman–Crippen LogP) is 2.23. The van der Waals surface area contributed by atoms with Crippen LogP contribution in [0.2, 0.25) is 0 Å². The number of aromatic nitrogens is 1. The fourth-order valence-electron chi connectivity index (χ4n) is 1.48. The third kappa shape index (κ3) is 3.29. The van der Waals surface area contributed by atoms with E-state index in [1.54, 1.807) is 12.2 Å². The second-order valence-corrected chi connectivity index (χ2v) is 3.75. The molecule has 4 N–H and O–H groups in total. The lowest BCUT2D eigenvalue weighted by Crippen LogP contribution is -2.15. The van der Waals surface area contributed by atoms with Crippen LogP contribution < -0.4 is 11.5 Å². The van der Waals surface area contributed by atoms with Gasteiger partial charge >= 0.3 is 0 Å². The average molecular weight is 217 g/mol. The van der Waals surface area contributed by atoms with Crippen molar-refractivity contribution in [2.45, 2.75) is 24.9 Å². The Morgan fingerprint density at radius 3 is 1.88 bits per heavy atom. The molecule has 0 radical (unpaired) electrons. The summed E-state index contributed by atoms with van der Waals surface area (Å²) < 4.78 is 0. The topological polar surface area (TPSA) is 64.9 Å². The molecule has 2 atom stereocenters. The quantitative estimate of drug-likeness (QED) is 0.718. The van der Waals surface area contributed by atoms with E-state index in [9.17, 15) is 0 Å². The summed E-state index contributed by atoms with van der Waals surface area (Å²) in [5.41, 5.74) is 13.6. The Balaban J connectivity index is 2.85. The number of pyridine rings is 1. The minimum absolute atomic E-state index is 0.103. The molecule has 0 bridgehead atoms. The van der Waals surface area contributed by atoms with Gasteiger partial charge < -0.3 is 11.5 Å². The minimum atomic E-state index is -0.103. The molecule has 0 spiro atoms. The third-order valence-corrected chi connectivity index (χ3v) is 2.39. The van der Waals surface area contributed by atoms with E-state index in [1.165, 1.54) is 0 Å². The van der Waals surface area contributed by atoms with Gasteiger partial charge in [0.15, 0.2) is 0 Å². The van der Waals surface area contributed by atoms with Gasteiger partial charge in [-0.05, 0) is 25.0 Å². The highest BCUT2D eigenvalue weighted by Crippen LogP contribution is 2.16. The Morgan fingerprint density at radius 2 is 1.50 bits per heavy atom. The Labute approximate surface area is 96.9 Å². The molecule has 3 nitrogen and oxygen atoms in total. The van der Waals surface area contributed by atoms with Crippen LogP contribution in [-0.4, -0.2) is 4.98 Å². The van der Waals surface area contributed by atoms with Crippen LogP contribution >= 0.6 is 0 Å². The molecule has 0 aliphatic heterocycles. The Morgan fingerprint density at radius 1 is 1.06 bits per heavy atom. The van der Waals surface area contributed by atoms with Gasteiger partial charge in [0.25, 0.3) is 0 Å². The van der Waals surface area contributed by atoms with E-state index in [1.807, 2.05) is 18.2 Å². The normalized spacial score (nSPS) is 14.1. The number of rotatable bonds is 6. The zero-order valence-electron chi connectivity index (χ0n) is 9.47. The van der Waals surface area contributed by atoms with Crippen molar-refractivity contribution in [2.75, 3.05) is 0 Å². The van der Waals surface area contributed by atoms with Crippen LogP contribution in [0.25, 0.3) is 0 Å². The van der Waals surface area contributed by atoms with E-state index < -0.39 is 0 Å². The molecule has 0 saturated heterocycles. The first-order valence-corrected chi connectivity index (χ1v) is 5.38. The molecular formula is C13H19N3. The van der Waals surface area contributed by atoms with Crippen molar-refractivity contribution >= 4 is 0 Å². The van der Waals surface area contributed by atoms with Crippen molar-refractivity contribution in [2.24, 2.45) is 11.5 Å². The number of nitrogens with two attached hydrogens (primary N) is 2. The van der Waals surface area contributed by atoms with Gasteiger partial charge in [-0.2, -0.15) is 0 Å². The first-order valence-electron chi connectivity index (χ1n) is 5.38. The summed E-state index contributed by atoms with van der Waals surface area (Å²) >= 11 is 0. The highest BCUT2D eigenvalue weighted by molar-refractivity contribution is 5.17. The van der Waals surface area contributed by atoms with Gasteiger partial charge in [-0.3, -0.25) is 4.98 Å². The zero-order valence-corrected chi connectivity index (χ0v) is 9.47. The first kappa shape index (κ1) is 12.6. The predicted molar refractivity (Wildman–Crippen MR) is 67.7 cm³/mol. The van der Waals surface area contributed by atoms with Gasteiger partial charge in [0, 0.05) is 0 Å². The van der Waals surface area contributed by atoms with Crippen molar-refractivity contribution in [1.29, 1.82) is 0 Å². The molecule has 0 fully saturated rings. The smallest absolute Gasteiger partial charge is 0.0578 e. The maximum Gasteiger partial charge on any atom is 0.0578 e. The molecule has 86 valence electrons. The molecule has 1 heterocycles. The lowest BCUT2D eigenvalue weighted by atomic mass is 10.1. The van der Waals surface area contributed by atoms with Gasteiger partial charge in [-0.15, -0.1) is 13.2 Å². The molecule has 0 amide bonds. The van der Waals surface area contributed by atoms with Gasteiger partial charge in [-0.1, -0.05) is 18.2 Å². The van der Waals surface area contributed by atoms with Crippen LogP contribution in [0, 0.1) is 0 Å². The van der Waals surface area contributed by atoms with Gasteiger partial charge in [0.05, 0.1) is 23.5 Å². The van der Waals surface area contributed by atoms with Crippen LogP contribution in [0.1, 0.15) is 36.3 Å². The van der Waals surface area contributed by atoms with Crippen LogP contribution in [0.4, 0.5) is 0 Å². The second-order valence-electron chi connectivity index (χ2n) is 3.75. The van der Waals surface area contributed by atoms with E-state index in [0.29, 0.717) is 12.8 Å². The molecule has 0 aromatic carbocycles. The summed E-state index contributed by atoms with van der Waals surface area (Å²) in [7, 11) is 0. The van der Waals surface area contributed by atoms with Gasteiger partial charge in [0.1, 0.15) is 0 Å². The van der Waals surface area contributed by atoms with Crippen molar-refractivity contribution < 1.29 is 0 Å². The van der Waals surface area contributed by atoms with Crippen molar-refractivity contribution in [3.8, 4) is 0 Å². The van der Waals surface area contributed by atoms with Crippen LogP contribution in [0.15, 0.2) is 43.5 Å². The monoisotopic (exact) mass is 217 g/mol. The molecule has 0 aliphatic rings. The summed E-state index contributed by atoms with van der Waals surface area (Å²) in [5.74, 6) is 0. The fourth-order valence-corrected chi connectivity index (χ4v) is 1.48. The molecule has 1 aromatic heterocycles. The van der Waals surface area contributed by atoms with Crippen molar-refractivity contribution in [3.63, 3.8) is 0 Å². The van der Waals surface area contributed by atoms with Crippen LogP contribution in [0.5, 0.6) is 0 Å². The highest BCUT2D eigenvalue weighted by Gasteiger charge is 2.09. The summed E-state index contributed by atoms with van der Waals surface area (Å²) in [5, 5.41) is 0. The largest absolute Gasteiger partial charge is 0.322 e. The molecular weight excluding hydrogens is 198 g/mol. The second kappa shape index (κ2) is 6.20. The molecule has 1 rings (SSSR count). The van der Waals surface area contributed by atoms with Crippen molar-refractivity contribution in [3.05, 3.63) is 54.9 Å². The first-order chi connectivity index (χ1) is 7.69. The van der Waals surface area contributed by atoms with E-state index in [-0.39, 0.29) is 12.1 Å². The highest BCUT2D eigenvalue weighted by atomic mass is 14.8. The van der Waals surface area contributed by atoms with Gasteiger partial charge in [0.2, 0.25) is 0 Å². The van der Waals surface area contributed by atoms with E-state index >= 15 is 0 Å². The number of nitrogens with zero attached hydrogens (tertiary/aromatic N) is 1. The molecule has 3 heteroatoms.